The molecule has 1 saturated heterocycles. The number of benzene rings is 2. The van der Waals surface area contributed by atoms with Gasteiger partial charge in [0.2, 0.25) is 0 Å². The summed E-state index contributed by atoms with van der Waals surface area (Å²) in [5.41, 5.74) is 7.71. The molecule has 1 aliphatic heterocycles. The predicted molar refractivity (Wildman–Crippen MR) is 131 cm³/mol. The highest BCUT2D eigenvalue weighted by atomic mass is 16.6. The van der Waals surface area contributed by atoms with Crippen molar-refractivity contribution in [3.8, 4) is 11.5 Å². The molecule has 3 rings (SSSR count). The summed E-state index contributed by atoms with van der Waals surface area (Å²) in [6.07, 6.45) is 2.18. The number of hydrogen-bond acceptors (Lipinski definition) is 6. The fourth-order valence-electron chi connectivity index (χ4n) is 4.12. The van der Waals surface area contributed by atoms with E-state index in [1.165, 1.54) is 7.11 Å². The first kappa shape index (κ1) is 24.1. The molecule has 0 radical (unpaired) electrons. The van der Waals surface area contributed by atoms with Gasteiger partial charge in [0.25, 0.3) is 0 Å². The van der Waals surface area contributed by atoms with E-state index in [0.717, 1.165) is 37.2 Å². The number of carbonyl (C=O) groups is 1. The molecule has 8 heteroatoms. The van der Waals surface area contributed by atoms with Crippen LogP contribution in [0.1, 0.15) is 37.8 Å². The molecule has 0 amide bonds. The van der Waals surface area contributed by atoms with Crippen molar-refractivity contribution in [2.24, 2.45) is 11.7 Å². The third kappa shape index (κ3) is 5.45. The Balaban J connectivity index is 1.81. The summed E-state index contributed by atoms with van der Waals surface area (Å²) in [5, 5.41) is 16.1. The summed E-state index contributed by atoms with van der Waals surface area (Å²) in [5.74, 6) is 0.691. The second-order valence-electron chi connectivity index (χ2n) is 8.59. The van der Waals surface area contributed by atoms with E-state index in [1.807, 2.05) is 42.8 Å². The van der Waals surface area contributed by atoms with E-state index in [9.17, 15) is 4.79 Å². The monoisotopic (exact) mass is 451 g/mol. The van der Waals surface area contributed by atoms with Gasteiger partial charge in [-0.2, -0.15) is 0 Å². The number of methoxy groups -OCH3 is 1. The van der Waals surface area contributed by atoms with Gasteiger partial charge in [-0.05, 0) is 49.1 Å². The number of nitrogens with zero attached hydrogens (tertiary/aromatic N) is 2. The number of hydrogen-bond donors (Lipinski definition) is 3. The van der Waals surface area contributed by atoms with Gasteiger partial charge < -0.3 is 25.0 Å². The van der Waals surface area contributed by atoms with Crippen LogP contribution >= 0.6 is 0 Å². The molecule has 0 bridgehead atoms. The molecule has 0 spiro atoms. The molecule has 2 aromatic rings. The van der Waals surface area contributed by atoms with Crippen LogP contribution in [0.4, 0.5) is 5.69 Å². The second-order valence-corrected chi connectivity index (χ2v) is 8.59. The van der Waals surface area contributed by atoms with Gasteiger partial charge in [-0.3, -0.25) is 10.8 Å². The molecule has 0 aromatic heterocycles. The summed E-state index contributed by atoms with van der Waals surface area (Å²) in [6, 6.07) is 11.9. The SMILES string of the molecule is COc1cc(C(=N)N2CCCC2)ccc1OC(=O)[C@H](C(C)C)N(C)c1cccc(C(=N)N)c1. The molecule has 0 unspecified atom stereocenters. The number of likely N-dealkylation sites (tertiary alicyclic amines) is 1. The standard InChI is InChI=1S/C25H33N5O3/c1-16(2)22(29(3)19-9-7-8-17(14-19)23(26)27)25(31)33-20-11-10-18(15-21(20)32-4)24(28)30-12-5-6-13-30/h7-11,14-16,22,28H,5-6,12-13H2,1-4H3,(H3,26,27)/t22-/m0/s1. The second kappa shape index (κ2) is 10.4. The van der Waals surface area contributed by atoms with Gasteiger partial charge in [-0.25, -0.2) is 4.79 Å². The van der Waals surface area contributed by atoms with Crippen molar-refractivity contribution >= 4 is 23.3 Å². The number of esters is 1. The fourth-order valence-corrected chi connectivity index (χ4v) is 4.12. The molecule has 1 atom stereocenters. The summed E-state index contributed by atoms with van der Waals surface area (Å²) in [7, 11) is 3.35. The Morgan fingerprint density at radius 1 is 1.06 bits per heavy atom. The van der Waals surface area contributed by atoms with Gasteiger partial charge in [0.15, 0.2) is 11.5 Å². The Labute approximate surface area is 195 Å². The van der Waals surface area contributed by atoms with E-state index in [4.69, 9.17) is 26.0 Å². The van der Waals surface area contributed by atoms with Gasteiger partial charge >= 0.3 is 5.97 Å². The Morgan fingerprint density at radius 2 is 1.76 bits per heavy atom. The maximum Gasteiger partial charge on any atom is 0.334 e. The summed E-state index contributed by atoms with van der Waals surface area (Å²) < 4.78 is 11.3. The largest absolute Gasteiger partial charge is 0.493 e. The Hall–Kier alpha value is -3.55. The smallest absolute Gasteiger partial charge is 0.334 e. The third-order valence-electron chi connectivity index (χ3n) is 5.92. The molecule has 2 aromatic carbocycles. The van der Waals surface area contributed by atoms with Crippen LogP contribution in [0.3, 0.4) is 0 Å². The number of nitrogens with one attached hydrogen (secondary N) is 2. The van der Waals surface area contributed by atoms with Gasteiger partial charge in [0, 0.05) is 37.0 Å². The van der Waals surface area contributed by atoms with Crippen molar-refractivity contribution in [3.63, 3.8) is 0 Å². The zero-order valence-corrected chi connectivity index (χ0v) is 19.7. The zero-order chi connectivity index (χ0) is 24.1. The minimum absolute atomic E-state index is 0.0294. The molecular formula is C25H33N5O3. The molecule has 1 heterocycles. The number of amidine groups is 2. The topological polar surface area (TPSA) is 116 Å². The lowest BCUT2D eigenvalue weighted by atomic mass is 10.0. The number of anilines is 1. The minimum atomic E-state index is -0.570. The van der Waals surface area contributed by atoms with Crippen molar-refractivity contribution in [3.05, 3.63) is 53.6 Å². The van der Waals surface area contributed by atoms with Crippen molar-refractivity contribution in [1.82, 2.24) is 4.90 Å². The van der Waals surface area contributed by atoms with Crippen LogP contribution < -0.4 is 20.1 Å². The minimum Gasteiger partial charge on any atom is -0.493 e. The molecule has 1 fully saturated rings. The van der Waals surface area contributed by atoms with Crippen molar-refractivity contribution < 1.29 is 14.3 Å². The number of nitrogen functional groups attached to an aromatic ring is 1. The van der Waals surface area contributed by atoms with Crippen LogP contribution in [0.2, 0.25) is 0 Å². The Bertz CT molecular complexity index is 1030. The van der Waals surface area contributed by atoms with E-state index < -0.39 is 12.0 Å². The number of likely N-dealkylation sites (N-methyl/N-ethyl adjacent to an activating group) is 1. The molecular weight excluding hydrogens is 418 g/mol. The molecule has 0 aliphatic carbocycles. The van der Waals surface area contributed by atoms with E-state index in [0.29, 0.717) is 22.9 Å². The fraction of sp³-hybridized carbons (Fsp3) is 0.400. The maximum atomic E-state index is 13.2. The molecule has 176 valence electrons. The predicted octanol–water partition coefficient (Wildman–Crippen LogP) is 3.47. The van der Waals surface area contributed by atoms with Gasteiger partial charge in [0.1, 0.15) is 17.7 Å². The molecule has 33 heavy (non-hydrogen) atoms. The van der Waals surface area contributed by atoms with Gasteiger partial charge in [-0.15, -0.1) is 0 Å². The van der Waals surface area contributed by atoms with E-state index in [1.54, 1.807) is 30.3 Å². The highest BCUT2D eigenvalue weighted by molar-refractivity contribution is 5.97. The van der Waals surface area contributed by atoms with Gasteiger partial charge in [0.05, 0.1) is 7.11 Å². The maximum absolute atomic E-state index is 13.2. The number of carbonyl (C=O) groups excluding carboxylic acids is 1. The van der Waals surface area contributed by atoms with Gasteiger partial charge in [-0.1, -0.05) is 26.0 Å². The van der Waals surface area contributed by atoms with E-state index in [-0.39, 0.29) is 11.8 Å². The van der Waals surface area contributed by atoms with Crippen LogP contribution in [0, 0.1) is 16.7 Å². The first-order valence-corrected chi connectivity index (χ1v) is 11.1. The quantitative estimate of drug-likeness (QED) is 0.245. The normalized spacial score (nSPS) is 14.2. The van der Waals surface area contributed by atoms with Crippen LogP contribution in [0.25, 0.3) is 0 Å². The molecule has 1 aliphatic rings. The Kier molecular flexibility index (Phi) is 7.58. The van der Waals surface area contributed by atoms with Crippen LogP contribution in [0.15, 0.2) is 42.5 Å². The summed E-state index contributed by atoms with van der Waals surface area (Å²) in [4.78, 5) is 17.1. The third-order valence-corrected chi connectivity index (χ3v) is 5.92. The lowest BCUT2D eigenvalue weighted by Gasteiger charge is -2.31. The lowest BCUT2D eigenvalue weighted by molar-refractivity contribution is -0.137. The number of rotatable bonds is 8. The van der Waals surface area contributed by atoms with Crippen molar-refractivity contribution in [1.29, 1.82) is 10.8 Å². The molecule has 4 N–H and O–H groups in total. The average molecular weight is 452 g/mol. The lowest BCUT2D eigenvalue weighted by Crippen LogP contribution is -2.45. The number of ether oxygens (including phenoxy) is 2. The first-order valence-electron chi connectivity index (χ1n) is 11.1. The summed E-state index contributed by atoms with van der Waals surface area (Å²) >= 11 is 0. The van der Waals surface area contributed by atoms with Crippen LogP contribution in [-0.2, 0) is 4.79 Å². The van der Waals surface area contributed by atoms with Crippen LogP contribution in [0.5, 0.6) is 11.5 Å². The molecule has 8 nitrogen and oxygen atoms in total. The average Bonchev–Trinajstić information content (AvgIpc) is 3.33. The Morgan fingerprint density at radius 3 is 2.36 bits per heavy atom. The van der Waals surface area contributed by atoms with Crippen molar-refractivity contribution in [2.75, 3.05) is 32.1 Å². The summed E-state index contributed by atoms with van der Waals surface area (Å²) in [6.45, 7) is 5.67. The first-order chi connectivity index (χ1) is 15.7. The molecule has 0 saturated carbocycles. The van der Waals surface area contributed by atoms with Crippen LogP contribution in [-0.4, -0.2) is 55.8 Å². The number of nitrogens with two attached hydrogens (primary N) is 1. The zero-order valence-electron chi connectivity index (χ0n) is 19.7. The highest BCUT2D eigenvalue weighted by Crippen LogP contribution is 2.31. The van der Waals surface area contributed by atoms with E-state index >= 15 is 0 Å². The van der Waals surface area contributed by atoms with E-state index in [2.05, 4.69) is 0 Å². The highest BCUT2D eigenvalue weighted by Gasteiger charge is 2.30. The van der Waals surface area contributed by atoms with Crippen molar-refractivity contribution in [2.45, 2.75) is 32.7 Å².